The molecule has 6 rings (SSSR count). The van der Waals surface area contributed by atoms with Gasteiger partial charge in [0.05, 0.1) is 5.60 Å². The van der Waals surface area contributed by atoms with Crippen molar-refractivity contribution < 1.29 is 20.0 Å². The Kier molecular flexibility index (Phi) is 4.30. The number of benzene rings is 1. The molecule has 5 saturated carbocycles. The first kappa shape index (κ1) is 18.0. The zero-order valence-electron chi connectivity index (χ0n) is 16.3. The molecule has 0 heterocycles. The molecule has 27 heavy (non-hydrogen) atoms. The summed E-state index contributed by atoms with van der Waals surface area (Å²) in [5.41, 5.74) is 0.991. The van der Waals surface area contributed by atoms with Gasteiger partial charge in [-0.15, -0.1) is 0 Å². The second kappa shape index (κ2) is 6.47. The van der Waals surface area contributed by atoms with Crippen LogP contribution < -0.4 is 0 Å². The summed E-state index contributed by atoms with van der Waals surface area (Å²) < 4.78 is 6.85. The Morgan fingerprint density at radius 2 is 1.59 bits per heavy atom. The third-order valence-electron chi connectivity index (χ3n) is 8.13. The van der Waals surface area contributed by atoms with E-state index in [0.29, 0.717) is 23.5 Å². The van der Waals surface area contributed by atoms with Gasteiger partial charge in [-0.25, -0.2) is 10.1 Å². The van der Waals surface area contributed by atoms with Crippen molar-refractivity contribution in [1.82, 2.24) is 0 Å². The Hall–Kier alpha value is -1.10. The highest BCUT2D eigenvalue weighted by molar-refractivity contribution is 5.29. The lowest BCUT2D eigenvalue weighted by Gasteiger charge is -2.60. The fourth-order valence-corrected chi connectivity index (χ4v) is 7.13. The minimum atomic E-state index is -0.793. The third-order valence-corrected chi connectivity index (χ3v) is 8.13. The molecule has 0 spiro atoms. The minimum Gasteiger partial charge on any atom is -0.508 e. The molecule has 0 aliphatic heterocycles. The van der Waals surface area contributed by atoms with Crippen LogP contribution in [-0.4, -0.2) is 21.8 Å². The number of hydrogen-bond acceptors (Lipinski definition) is 4. The van der Waals surface area contributed by atoms with Crippen molar-refractivity contribution >= 4 is 0 Å². The normalized spacial score (nSPS) is 45.9. The van der Waals surface area contributed by atoms with Crippen LogP contribution in [0.4, 0.5) is 0 Å². The van der Waals surface area contributed by atoms with Crippen LogP contribution in [0.1, 0.15) is 76.2 Å². The predicted molar refractivity (Wildman–Crippen MR) is 102 cm³/mol. The van der Waals surface area contributed by atoms with Gasteiger partial charge in [-0.3, -0.25) is 0 Å². The first-order valence-corrected chi connectivity index (χ1v) is 10.8. The lowest BCUT2D eigenvalue weighted by atomic mass is 9.53. The average Bonchev–Trinajstić information content (AvgIpc) is 2.65. The summed E-state index contributed by atoms with van der Waals surface area (Å²) in [4.78, 5) is 5.28. The van der Waals surface area contributed by atoms with Crippen molar-refractivity contribution in [1.29, 1.82) is 0 Å². The summed E-state index contributed by atoms with van der Waals surface area (Å²) in [5.74, 6) is 2.24. The van der Waals surface area contributed by atoms with Gasteiger partial charge in [0.2, 0.25) is 5.79 Å². The molecule has 4 bridgehead atoms. The highest BCUT2D eigenvalue weighted by atomic mass is 17.1. The zero-order chi connectivity index (χ0) is 18.6. The second-order valence-corrected chi connectivity index (χ2v) is 10.1. The first-order valence-electron chi connectivity index (χ1n) is 10.8. The van der Waals surface area contributed by atoms with Crippen LogP contribution in [-0.2, 0) is 9.62 Å². The summed E-state index contributed by atoms with van der Waals surface area (Å²) in [6.45, 7) is 2.21. The molecule has 148 valence electrons. The zero-order valence-corrected chi connectivity index (χ0v) is 16.3. The van der Waals surface area contributed by atoms with E-state index >= 15 is 0 Å². The fourth-order valence-electron chi connectivity index (χ4n) is 7.13. The van der Waals surface area contributed by atoms with E-state index in [1.54, 1.807) is 12.1 Å². The molecule has 1 aromatic rings. The van der Waals surface area contributed by atoms with Crippen LogP contribution in [0.2, 0.25) is 0 Å². The molecule has 1 aromatic carbocycles. The van der Waals surface area contributed by atoms with Crippen molar-refractivity contribution in [2.75, 3.05) is 0 Å². The number of rotatable bonds is 4. The van der Waals surface area contributed by atoms with Gasteiger partial charge in [0.1, 0.15) is 5.75 Å². The smallest absolute Gasteiger partial charge is 0.207 e. The van der Waals surface area contributed by atoms with E-state index in [0.717, 1.165) is 63.2 Å². The average molecular weight is 373 g/mol. The van der Waals surface area contributed by atoms with Crippen LogP contribution >= 0.6 is 0 Å². The van der Waals surface area contributed by atoms with Crippen LogP contribution in [0.25, 0.3) is 0 Å². The van der Waals surface area contributed by atoms with Crippen LogP contribution in [0.15, 0.2) is 24.3 Å². The summed E-state index contributed by atoms with van der Waals surface area (Å²) in [6, 6.07) is 7.62. The van der Waals surface area contributed by atoms with Gasteiger partial charge in [0.25, 0.3) is 0 Å². The van der Waals surface area contributed by atoms with Crippen LogP contribution in [0.5, 0.6) is 5.75 Å². The number of aromatic hydroxyl groups is 1. The molecule has 5 aliphatic carbocycles. The van der Waals surface area contributed by atoms with Crippen molar-refractivity contribution in [2.45, 2.75) is 82.0 Å². The SMILES string of the molecule is C[C@]1(OC2(OO)C3CC4CC(C3)CC2C4)CCCC(c2ccc(O)cc2)C1. The summed E-state index contributed by atoms with van der Waals surface area (Å²) in [7, 11) is 0. The maximum absolute atomic E-state index is 10.1. The number of ether oxygens (including phenoxy) is 1. The summed E-state index contributed by atoms with van der Waals surface area (Å²) >= 11 is 0. The largest absolute Gasteiger partial charge is 0.508 e. The molecular formula is C23H32O4. The monoisotopic (exact) mass is 372 g/mol. The predicted octanol–water partition coefficient (Wildman–Crippen LogP) is 5.47. The van der Waals surface area contributed by atoms with Crippen LogP contribution in [0.3, 0.4) is 0 Å². The van der Waals surface area contributed by atoms with E-state index in [9.17, 15) is 10.4 Å². The van der Waals surface area contributed by atoms with Gasteiger partial charge >= 0.3 is 0 Å². The maximum Gasteiger partial charge on any atom is 0.207 e. The van der Waals surface area contributed by atoms with Crippen molar-refractivity contribution in [3.63, 3.8) is 0 Å². The highest BCUT2D eigenvalue weighted by Crippen LogP contribution is 2.61. The molecule has 0 amide bonds. The molecule has 2 atom stereocenters. The summed E-state index contributed by atoms with van der Waals surface area (Å²) in [6.07, 6.45) is 10.2. The maximum atomic E-state index is 10.1. The molecule has 1 unspecified atom stereocenters. The molecule has 0 aromatic heterocycles. The second-order valence-electron chi connectivity index (χ2n) is 10.1. The molecular weight excluding hydrogens is 340 g/mol. The first-order chi connectivity index (χ1) is 13.0. The topological polar surface area (TPSA) is 58.9 Å². The quantitative estimate of drug-likeness (QED) is 0.418. The molecule has 5 aliphatic rings. The van der Waals surface area contributed by atoms with Gasteiger partial charge < -0.3 is 9.84 Å². The van der Waals surface area contributed by atoms with Crippen LogP contribution in [0, 0.1) is 23.7 Å². The summed E-state index contributed by atoms with van der Waals surface area (Å²) in [5, 5.41) is 19.6. The van der Waals surface area contributed by atoms with E-state index < -0.39 is 5.79 Å². The Morgan fingerprint density at radius 1 is 0.963 bits per heavy atom. The number of hydrogen-bond donors (Lipinski definition) is 2. The van der Waals surface area contributed by atoms with Crippen molar-refractivity contribution in [2.24, 2.45) is 23.7 Å². The lowest BCUT2D eigenvalue weighted by Crippen LogP contribution is -2.63. The number of phenolic OH excluding ortho intramolecular Hbond substituents is 1. The van der Waals surface area contributed by atoms with Crippen molar-refractivity contribution in [3.8, 4) is 5.75 Å². The van der Waals surface area contributed by atoms with E-state index in [1.807, 2.05) is 12.1 Å². The standard InChI is InChI=1S/C23H32O4/c1-22(8-2-3-18(14-22)17-4-6-21(24)7-5-17)26-23(27-25)19-10-15-9-16(12-19)13-20(23)11-15/h4-7,15-16,18-20,24-25H,2-3,8-14H2,1H3/t15?,16?,18?,19?,20?,22-,23?/m0/s1. The van der Waals surface area contributed by atoms with Gasteiger partial charge in [-0.2, -0.15) is 0 Å². The van der Waals surface area contributed by atoms with Gasteiger partial charge in [0, 0.05) is 11.8 Å². The molecule has 0 saturated heterocycles. The lowest BCUT2D eigenvalue weighted by molar-refractivity contribution is -0.476. The molecule has 2 N–H and O–H groups in total. The fraction of sp³-hybridized carbons (Fsp3) is 0.739. The van der Waals surface area contributed by atoms with E-state index in [4.69, 9.17) is 9.62 Å². The molecule has 5 fully saturated rings. The van der Waals surface area contributed by atoms with Crippen molar-refractivity contribution in [3.05, 3.63) is 29.8 Å². The third kappa shape index (κ3) is 3.01. The highest BCUT2D eigenvalue weighted by Gasteiger charge is 2.62. The minimum absolute atomic E-state index is 0.279. The Bertz CT molecular complexity index is 656. The Balaban J connectivity index is 1.37. The van der Waals surface area contributed by atoms with Gasteiger partial charge in [0.15, 0.2) is 0 Å². The van der Waals surface area contributed by atoms with Gasteiger partial charge in [-0.05, 0) is 100 Å². The molecule has 4 heteroatoms. The van der Waals surface area contributed by atoms with E-state index in [2.05, 4.69) is 6.92 Å². The number of phenols is 1. The van der Waals surface area contributed by atoms with E-state index in [-0.39, 0.29) is 5.60 Å². The Labute approximate surface area is 161 Å². The Morgan fingerprint density at radius 3 is 2.19 bits per heavy atom. The van der Waals surface area contributed by atoms with Gasteiger partial charge in [-0.1, -0.05) is 12.1 Å². The molecule has 0 radical (unpaired) electrons. The molecule has 4 nitrogen and oxygen atoms in total. The van der Waals surface area contributed by atoms with E-state index in [1.165, 1.54) is 12.0 Å².